The highest BCUT2D eigenvalue weighted by Crippen LogP contribution is 2.31. The molecule has 5 heteroatoms. The van der Waals surface area contributed by atoms with E-state index in [0.29, 0.717) is 6.42 Å². The molecule has 0 aliphatic carbocycles. The van der Waals surface area contributed by atoms with Gasteiger partial charge in [0.25, 0.3) is 0 Å². The maximum Gasteiger partial charge on any atom is 0.228 e. The molecule has 1 N–H and O–H groups in total. The number of nitrogens with one attached hydrogen (secondary N) is 1. The molecule has 0 aliphatic rings. The van der Waals surface area contributed by atoms with Gasteiger partial charge in [-0.2, -0.15) is 0 Å². The molecule has 1 unspecified atom stereocenters. The summed E-state index contributed by atoms with van der Waals surface area (Å²) in [6.45, 7) is 4.11. The zero-order chi connectivity index (χ0) is 20.9. The summed E-state index contributed by atoms with van der Waals surface area (Å²) >= 11 is 1.68. The van der Waals surface area contributed by atoms with Gasteiger partial charge in [0.1, 0.15) is 16.9 Å². The number of hydrogen-bond acceptors (Lipinski definition) is 4. The highest BCUT2D eigenvalue weighted by atomic mass is 32.1. The van der Waals surface area contributed by atoms with Gasteiger partial charge in [0.2, 0.25) is 5.91 Å². The summed E-state index contributed by atoms with van der Waals surface area (Å²) in [4.78, 5) is 17.2. The molecule has 30 heavy (non-hydrogen) atoms. The fourth-order valence-corrected chi connectivity index (χ4v) is 4.30. The number of hydrogen-bond donors (Lipinski definition) is 1. The van der Waals surface area contributed by atoms with Gasteiger partial charge < -0.3 is 10.1 Å². The molecule has 4 rings (SSSR count). The number of thiazole rings is 1. The van der Waals surface area contributed by atoms with E-state index in [1.54, 1.807) is 11.3 Å². The van der Waals surface area contributed by atoms with Gasteiger partial charge in [0.05, 0.1) is 16.6 Å². The summed E-state index contributed by atoms with van der Waals surface area (Å²) in [5, 5.41) is 3.95. The third-order valence-electron chi connectivity index (χ3n) is 4.87. The van der Waals surface area contributed by atoms with E-state index in [2.05, 4.69) is 30.4 Å². The van der Waals surface area contributed by atoms with E-state index in [0.717, 1.165) is 33.9 Å². The third kappa shape index (κ3) is 4.86. The first kappa shape index (κ1) is 20.1. The molecule has 4 nitrogen and oxygen atoms in total. The Balaban J connectivity index is 1.39. The molecule has 0 saturated carbocycles. The molecule has 0 aliphatic heterocycles. The predicted octanol–water partition coefficient (Wildman–Crippen LogP) is 6.46. The summed E-state index contributed by atoms with van der Waals surface area (Å²) in [6.07, 6.45) is 0.917. The first-order chi connectivity index (χ1) is 14.6. The van der Waals surface area contributed by atoms with Gasteiger partial charge in [-0.3, -0.25) is 4.79 Å². The van der Waals surface area contributed by atoms with Gasteiger partial charge in [0, 0.05) is 11.3 Å². The van der Waals surface area contributed by atoms with E-state index in [4.69, 9.17) is 9.72 Å². The average Bonchev–Trinajstić information content (AvgIpc) is 3.17. The fourth-order valence-electron chi connectivity index (χ4n) is 3.23. The first-order valence-electron chi connectivity index (χ1n) is 10.1. The maximum absolute atomic E-state index is 12.5. The molecule has 0 saturated heterocycles. The van der Waals surface area contributed by atoms with Crippen LogP contribution >= 0.6 is 11.3 Å². The Bertz CT molecular complexity index is 1140. The molecule has 4 aromatic rings. The highest BCUT2D eigenvalue weighted by Gasteiger charge is 2.14. The molecule has 152 valence electrons. The van der Waals surface area contributed by atoms with Crippen LogP contribution in [0, 0.1) is 6.92 Å². The molecular formula is C25H24N2O2S. The smallest absolute Gasteiger partial charge is 0.228 e. The third-order valence-corrected chi connectivity index (χ3v) is 5.94. The highest BCUT2D eigenvalue weighted by molar-refractivity contribution is 7.21. The van der Waals surface area contributed by atoms with Gasteiger partial charge >= 0.3 is 0 Å². The second-order valence-electron chi connectivity index (χ2n) is 7.28. The van der Waals surface area contributed by atoms with Crippen LogP contribution in [-0.4, -0.2) is 17.0 Å². The molecule has 0 spiro atoms. The minimum atomic E-state index is -0.155. The van der Waals surface area contributed by atoms with Crippen molar-refractivity contribution in [2.45, 2.75) is 32.8 Å². The van der Waals surface area contributed by atoms with Gasteiger partial charge in [0.15, 0.2) is 0 Å². The minimum Gasteiger partial charge on any atom is -0.490 e. The van der Waals surface area contributed by atoms with Crippen LogP contribution in [0.15, 0.2) is 72.8 Å². The normalized spacial score (nSPS) is 11.9. The number of anilines is 1. The number of amides is 1. The number of benzene rings is 3. The topological polar surface area (TPSA) is 51.2 Å². The van der Waals surface area contributed by atoms with Crippen LogP contribution in [0.2, 0.25) is 0 Å². The summed E-state index contributed by atoms with van der Waals surface area (Å²) < 4.78 is 7.10. The van der Waals surface area contributed by atoms with Crippen molar-refractivity contribution in [1.82, 2.24) is 4.98 Å². The van der Waals surface area contributed by atoms with Crippen LogP contribution in [0.5, 0.6) is 5.75 Å². The van der Waals surface area contributed by atoms with E-state index in [1.165, 1.54) is 10.3 Å². The number of carbonyl (C=O) groups is 1. The molecule has 0 bridgehead atoms. The molecular weight excluding hydrogens is 392 g/mol. The second-order valence-corrected chi connectivity index (χ2v) is 8.31. The SMILES string of the molecule is CCC(CC(=O)Nc1ccc(-c2nc3ccc(C)cc3s2)cc1)Oc1ccccc1. The average molecular weight is 417 g/mol. The molecule has 1 aromatic heterocycles. The number of aryl methyl sites for hydroxylation is 1. The Morgan fingerprint density at radius 2 is 1.83 bits per heavy atom. The van der Waals surface area contributed by atoms with Crippen molar-refractivity contribution in [3.05, 3.63) is 78.4 Å². The van der Waals surface area contributed by atoms with Crippen LogP contribution in [0.25, 0.3) is 20.8 Å². The number of ether oxygens (including phenoxy) is 1. The lowest BCUT2D eigenvalue weighted by atomic mass is 10.1. The number of rotatable bonds is 7. The van der Waals surface area contributed by atoms with Crippen LogP contribution in [0.4, 0.5) is 5.69 Å². The zero-order valence-electron chi connectivity index (χ0n) is 17.1. The molecule has 1 heterocycles. The van der Waals surface area contributed by atoms with Crippen LogP contribution < -0.4 is 10.1 Å². The Morgan fingerprint density at radius 3 is 2.57 bits per heavy atom. The lowest BCUT2D eigenvalue weighted by molar-refractivity contribution is -0.117. The van der Waals surface area contributed by atoms with Crippen molar-refractivity contribution in [2.75, 3.05) is 5.32 Å². The molecule has 1 amide bonds. The van der Waals surface area contributed by atoms with E-state index in [9.17, 15) is 4.79 Å². The van der Waals surface area contributed by atoms with Crippen molar-refractivity contribution in [2.24, 2.45) is 0 Å². The van der Waals surface area contributed by atoms with Crippen molar-refractivity contribution >= 4 is 33.1 Å². The van der Waals surface area contributed by atoms with Crippen LogP contribution in [-0.2, 0) is 4.79 Å². The summed E-state index contributed by atoms with van der Waals surface area (Å²) in [5.74, 6) is 0.730. The van der Waals surface area contributed by atoms with Crippen LogP contribution in [0.1, 0.15) is 25.3 Å². The first-order valence-corrected chi connectivity index (χ1v) is 10.9. The van der Waals surface area contributed by atoms with E-state index < -0.39 is 0 Å². The van der Waals surface area contributed by atoms with Crippen molar-refractivity contribution in [3.8, 4) is 16.3 Å². The van der Waals surface area contributed by atoms with Gasteiger partial charge in [-0.05, 0) is 67.4 Å². The fraction of sp³-hybridized carbons (Fsp3) is 0.200. The lowest BCUT2D eigenvalue weighted by Crippen LogP contribution is -2.24. The van der Waals surface area contributed by atoms with Gasteiger partial charge in [-0.25, -0.2) is 4.98 Å². The van der Waals surface area contributed by atoms with Gasteiger partial charge in [-0.1, -0.05) is 31.2 Å². The number of para-hydroxylation sites is 1. The predicted molar refractivity (Wildman–Crippen MR) is 124 cm³/mol. The van der Waals surface area contributed by atoms with E-state index in [1.807, 2.05) is 61.5 Å². The van der Waals surface area contributed by atoms with Gasteiger partial charge in [-0.15, -0.1) is 11.3 Å². The summed E-state index contributed by atoms with van der Waals surface area (Å²) in [7, 11) is 0. The Morgan fingerprint density at radius 1 is 1.07 bits per heavy atom. The minimum absolute atomic E-state index is 0.0546. The zero-order valence-corrected chi connectivity index (χ0v) is 17.9. The quantitative estimate of drug-likeness (QED) is 0.376. The summed E-state index contributed by atoms with van der Waals surface area (Å²) in [5.41, 5.74) is 4.07. The standard InChI is InChI=1S/C25H24N2O2S/c1-3-20(29-21-7-5-4-6-8-21)16-24(28)26-19-12-10-18(11-13-19)25-27-22-14-9-17(2)15-23(22)30-25/h4-15,20H,3,16H2,1-2H3,(H,26,28). The lowest BCUT2D eigenvalue weighted by Gasteiger charge is -2.17. The molecule has 1 atom stereocenters. The van der Waals surface area contributed by atoms with E-state index >= 15 is 0 Å². The van der Waals surface area contributed by atoms with Crippen molar-refractivity contribution in [3.63, 3.8) is 0 Å². The summed E-state index contributed by atoms with van der Waals surface area (Å²) in [6, 6.07) is 23.7. The number of aromatic nitrogens is 1. The Hall–Kier alpha value is -3.18. The van der Waals surface area contributed by atoms with Crippen LogP contribution in [0.3, 0.4) is 0 Å². The van der Waals surface area contributed by atoms with Crippen molar-refractivity contribution < 1.29 is 9.53 Å². The molecule has 0 radical (unpaired) electrons. The molecule has 0 fully saturated rings. The number of carbonyl (C=O) groups excluding carboxylic acids is 1. The Kier molecular flexibility index (Phi) is 6.10. The largest absolute Gasteiger partial charge is 0.490 e. The molecule has 3 aromatic carbocycles. The number of nitrogens with zero attached hydrogens (tertiary/aromatic N) is 1. The second kappa shape index (κ2) is 9.09. The van der Waals surface area contributed by atoms with E-state index in [-0.39, 0.29) is 12.0 Å². The maximum atomic E-state index is 12.5. The Labute approximate surface area is 180 Å². The number of fused-ring (bicyclic) bond motifs is 1. The van der Waals surface area contributed by atoms with Crippen molar-refractivity contribution in [1.29, 1.82) is 0 Å². The monoisotopic (exact) mass is 416 g/mol.